The summed E-state index contributed by atoms with van der Waals surface area (Å²) in [4.78, 5) is 28.4. The highest BCUT2D eigenvalue weighted by molar-refractivity contribution is 5.97. The van der Waals surface area contributed by atoms with E-state index >= 15 is 0 Å². The molecule has 1 amide bonds. The molecule has 1 saturated heterocycles. The van der Waals surface area contributed by atoms with E-state index in [-0.39, 0.29) is 5.91 Å². The molecule has 0 radical (unpaired) electrons. The molecule has 0 aliphatic carbocycles. The molecular weight excluding hydrogens is 330 g/mol. The number of anilines is 1. The van der Waals surface area contributed by atoms with Crippen LogP contribution in [-0.2, 0) is 16.1 Å². The summed E-state index contributed by atoms with van der Waals surface area (Å²) in [7, 11) is 0. The number of benzene rings is 1. The number of amides is 1. The maximum absolute atomic E-state index is 12.0. The van der Waals surface area contributed by atoms with Crippen LogP contribution in [0.3, 0.4) is 0 Å². The van der Waals surface area contributed by atoms with Crippen molar-refractivity contribution in [2.24, 2.45) is 5.92 Å². The third-order valence-electron chi connectivity index (χ3n) is 4.88. The summed E-state index contributed by atoms with van der Waals surface area (Å²) in [5.74, 6) is 1.40. The van der Waals surface area contributed by atoms with Crippen molar-refractivity contribution in [3.63, 3.8) is 0 Å². The number of ketones is 1. The number of Topliss-reactive ketones (excluding diaryl/α,β-unsaturated/α-hetero) is 1. The first-order valence-corrected chi connectivity index (χ1v) is 9.47. The van der Waals surface area contributed by atoms with Crippen molar-refractivity contribution in [3.8, 4) is 5.75 Å². The normalized spacial score (nSPS) is 21.2. The Labute approximate surface area is 155 Å². The van der Waals surface area contributed by atoms with Gasteiger partial charge in [0.1, 0.15) is 11.5 Å². The second-order valence-electron chi connectivity index (χ2n) is 7.77. The molecule has 26 heavy (non-hydrogen) atoms. The van der Waals surface area contributed by atoms with Crippen LogP contribution in [0, 0.1) is 5.92 Å². The zero-order valence-electron chi connectivity index (χ0n) is 16.0. The van der Waals surface area contributed by atoms with Crippen LogP contribution in [0.5, 0.6) is 5.75 Å². The van der Waals surface area contributed by atoms with Gasteiger partial charge in [0.2, 0.25) is 0 Å². The van der Waals surface area contributed by atoms with Crippen LogP contribution in [0.4, 0.5) is 5.69 Å². The van der Waals surface area contributed by atoms with Gasteiger partial charge in [0.15, 0.2) is 6.10 Å². The van der Waals surface area contributed by atoms with Gasteiger partial charge in [-0.25, -0.2) is 0 Å². The van der Waals surface area contributed by atoms with Gasteiger partial charge in [-0.3, -0.25) is 19.4 Å². The van der Waals surface area contributed by atoms with E-state index in [1.165, 1.54) is 0 Å². The number of carbonyl (C=O) groups is 2. The molecule has 0 spiro atoms. The first kappa shape index (κ1) is 18.9. The van der Waals surface area contributed by atoms with E-state index in [4.69, 9.17) is 4.74 Å². The highest BCUT2D eigenvalue weighted by atomic mass is 16.5. The standard InChI is InChI=1S/C20H29N3O3/c1-14(2)10-17(24)13-23-8-6-22(7-9-23)12-16-4-5-19-18(11-16)21-20(25)15(3)26-19/h4-5,11,14-15H,6-10,12-13H2,1-3H3,(H,21,25). The summed E-state index contributed by atoms with van der Waals surface area (Å²) in [6.07, 6.45) is 0.224. The van der Waals surface area contributed by atoms with Gasteiger partial charge in [0, 0.05) is 39.1 Å². The largest absolute Gasteiger partial charge is 0.479 e. The number of nitrogens with zero attached hydrogens (tertiary/aromatic N) is 2. The minimum atomic E-state index is -0.445. The molecule has 1 unspecified atom stereocenters. The number of fused-ring (bicyclic) bond motifs is 1. The monoisotopic (exact) mass is 359 g/mol. The lowest BCUT2D eigenvalue weighted by molar-refractivity contribution is -0.123. The van der Waals surface area contributed by atoms with Crippen LogP contribution in [0.2, 0.25) is 0 Å². The molecule has 1 aromatic rings. The number of rotatable bonds is 6. The Hall–Kier alpha value is -1.92. The van der Waals surface area contributed by atoms with E-state index < -0.39 is 6.10 Å². The molecule has 1 aromatic carbocycles. The van der Waals surface area contributed by atoms with Gasteiger partial charge >= 0.3 is 0 Å². The number of piperazine rings is 1. The predicted molar refractivity (Wildman–Crippen MR) is 101 cm³/mol. The first-order valence-electron chi connectivity index (χ1n) is 9.47. The predicted octanol–water partition coefficient (Wildman–Crippen LogP) is 2.14. The van der Waals surface area contributed by atoms with E-state index in [0.29, 0.717) is 24.7 Å². The van der Waals surface area contributed by atoms with E-state index in [9.17, 15) is 9.59 Å². The number of carbonyl (C=O) groups excluding carboxylic acids is 2. The smallest absolute Gasteiger partial charge is 0.265 e. The molecule has 3 rings (SSSR count). The first-order chi connectivity index (χ1) is 12.4. The molecule has 0 aromatic heterocycles. The number of nitrogens with one attached hydrogen (secondary N) is 1. The Balaban J connectivity index is 1.50. The minimum Gasteiger partial charge on any atom is -0.479 e. The molecule has 142 valence electrons. The molecule has 6 heteroatoms. The Morgan fingerprint density at radius 3 is 2.62 bits per heavy atom. The van der Waals surface area contributed by atoms with Gasteiger partial charge in [-0.05, 0) is 30.5 Å². The lowest BCUT2D eigenvalue weighted by atomic mass is 10.1. The molecule has 0 bridgehead atoms. The highest BCUT2D eigenvalue weighted by Crippen LogP contribution is 2.30. The maximum atomic E-state index is 12.0. The molecule has 2 aliphatic rings. The second-order valence-corrected chi connectivity index (χ2v) is 7.77. The Morgan fingerprint density at radius 2 is 1.92 bits per heavy atom. The molecule has 1 fully saturated rings. The lowest BCUT2D eigenvalue weighted by Gasteiger charge is -2.34. The Morgan fingerprint density at radius 1 is 1.23 bits per heavy atom. The van der Waals surface area contributed by atoms with Gasteiger partial charge in [-0.2, -0.15) is 0 Å². The number of hydrogen-bond donors (Lipinski definition) is 1. The van der Waals surface area contributed by atoms with Crippen molar-refractivity contribution in [3.05, 3.63) is 23.8 Å². The third-order valence-corrected chi connectivity index (χ3v) is 4.88. The van der Waals surface area contributed by atoms with Gasteiger partial charge in [0.05, 0.1) is 12.2 Å². The van der Waals surface area contributed by atoms with Crippen LogP contribution in [0.25, 0.3) is 0 Å². The van der Waals surface area contributed by atoms with Gasteiger partial charge in [-0.15, -0.1) is 0 Å². The molecule has 2 aliphatic heterocycles. The Bertz CT molecular complexity index is 666. The van der Waals surface area contributed by atoms with Crippen molar-refractivity contribution >= 4 is 17.4 Å². The van der Waals surface area contributed by atoms with Crippen molar-refractivity contribution in [2.45, 2.75) is 39.8 Å². The van der Waals surface area contributed by atoms with Crippen LogP contribution >= 0.6 is 0 Å². The topological polar surface area (TPSA) is 61.9 Å². The van der Waals surface area contributed by atoms with Crippen molar-refractivity contribution < 1.29 is 14.3 Å². The summed E-state index contributed by atoms with van der Waals surface area (Å²) >= 11 is 0. The quantitative estimate of drug-likeness (QED) is 0.843. The summed E-state index contributed by atoms with van der Waals surface area (Å²) in [6.45, 7) is 11.1. The number of ether oxygens (including phenoxy) is 1. The fourth-order valence-electron chi connectivity index (χ4n) is 3.49. The molecular formula is C20H29N3O3. The SMILES string of the molecule is CC(C)CC(=O)CN1CCN(Cc2ccc3c(c2)NC(=O)C(C)O3)CC1. The zero-order chi connectivity index (χ0) is 18.7. The zero-order valence-corrected chi connectivity index (χ0v) is 16.0. The van der Waals surface area contributed by atoms with Crippen molar-refractivity contribution in [2.75, 3.05) is 38.0 Å². The van der Waals surface area contributed by atoms with Crippen LogP contribution < -0.4 is 10.1 Å². The van der Waals surface area contributed by atoms with E-state index in [2.05, 4.69) is 35.0 Å². The third kappa shape index (κ3) is 4.83. The van der Waals surface area contributed by atoms with Crippen LogP contribution in [-0.4, -0.2) is 60.3 Å². The Kier molecular flexibility index (Phi) is 5.94. The van der Waals surface area contributed by atoms with Crippen molar-refractivity contribution in [1.29, 1.82) is 0 Å². The van der Waals surface area contributed by atoms with E-state index in [1.807, 2.05) is 12.1 Å². The summed E-state index contributed by atoms with van der Waals surface area (Å²) < 4.78 is 5.60. The van der Waals surface area contributed by atoms with Crippen molar-refractivity contribution in [1.82, 2.24) is 9.80 Å². The maximum Gasteiger partial charge on any atom is 0.265 e. The van der Waals surface area contributed by atoms with Crippen LogP contribution in [0.15, 0.2) is 18.2 Å². The summed E-state index contributed by atoms with van der Waals surface area (Å²) in [5, 5.41) is 2.90. The van der Waals surface area contributed by atoms with Crippen LogP contribution in [0.1, 0.15) is 32.8 Å². The average molecular weight is 359 g/mol. The van der Waals surface area contributed by atoms with Gasteiger partial charge in [-0.1, -0.05) is 19.9 Å². The minimum absolute atomic E-state index is 0.102. The van der Waals surface area contributed by atoms with Gasteiger partial charge < -0.3 is 10.1 Å². The molecule has 6 nitrogen and oxygen atoms in total. The average Bonchev–Trinajstić information content (AvgIpc) is 2.57. The van der Waals surface area contributed by atoms with E-state index in [1.54, 1.807) is 6.92 Å². The second kappa shape index (κ2) is 8.18. The molecule has 1 N–H and O–H groups in total. The molecule has 2 heterocycles. The fourth-order valence-corrected chi connectivity index (χ4v) is 3.49. The molecule has 1 atom stereocenters. The highest BCUT2D eigenvalue weighted by Gasteiger charge is 2.24. The lowest BCUT2D eigenvalue weighted by Crippen LogP contribution is -2.47. The number of hydrogen-bond acceptors (Lipinski definition) is 5. The van der Waals surface area contributed by atoms with Gasteiger partial charge in [0.25, 0.3) is 5.91 Å². The fraction of sp³-hybridized carbons (Fsp3) is 0.600. The summed E-state index contributed by atoms with van der Waals surface area (Å²) in [6, 6.07) is 5.99. The van der Waals surface area contributed by atoms with E-state index in [0.717, 1.165) is 49.7 Å². The molecule has 0 saturated carbocycles. The summed E-state index contributed by atoms with van der Waals surface area (Å²) in [5.41, 5.74) is 1.91.